The first-order valence-electron chi connectivity index (χ1n) is 8.59. The maximum Gasteiger partial charge on any atom is 0.307 e. The lowest BCUT2D eigenvalue weighted by molar-refractivity contribution is -0.143. The molecule has 0 bridgehead atoms. The smallest absolute Gasteiger partial charge is 0.307 e. The van der Waals surface area contributed by atoms with Gasteiger partial charge in [-0.3, -0.25) is 14.6 Å². The van der Waals surface area contributed by atoms with Gasteiger partial charge in [0.2, 0.25) is 0 Å². The van der Waals surface area contributed by atoms with Gasteiger partial charge in [0.25, 0.3) is 5.91 Å². The molecule has 0 unspecified atom stereocenters. The average molecular weight is 318 g/mol. The second-order valence-corrected chi connectivity index (χ2v) is 5.93. The quantitative estimate of drug-likeness (QED) is 0.597. The molecular weight excluding hydrogens is 292 g/mol. The van der Waals surface area contributed by atoms with E-state index in [0.29, 0.717) is 18.7 Å². The number of carbonyl (C=O) groups excluding carboxylic acids is 2. The number of esters is 1. The van der Waals surface area contributed by atoms with E-state index in [2.05, 4.69) is 4.98 Å². The van der Waals surface area contributed by atoms with Gasteiger partial charge in [-0.2, -0.15) is 0 Å². The van der Waals surface area contributed by atoms with Crippen LogP contribution in [0.25, 0.3) is 0 Å². The van der Waals surface area contributed by atoms with Crippen molar-refractivity contribution in [3.8, 4) is 0 Å². The van der Waals surface area contributed by atoms with E-state index >= 15 is 0 Å². The van der Waals surface area contributed by atoms with Crippen LogP contribution in [0.1, 0.15) is 62.2 Å². The van der Waals surface area contributed by atoms with Crippen molar-refractivity contribution in [2.24, 2.45) is 0 Å². The van der Waals surface area contributed by atoms with Crippen LogP contribution in [0.3, 0.4) is 0 Å². The lowest BCUT2D eigenvalue weighted by atomic mass is 10.1. The Bertz CT molecular complexity index is 496. The summed E-state index contributed by atoms with van der Waals surface area (Å²) < 4.78 is 5.00. The van der Waals surface area contributed by atoms with Crippen molar-refractivity contribution in [3.63, 3.8) is 0 Å². The van der Waals surface area contributed by atoms with Gasteiger partial charge in [0.15, 0.2) is 0 Å². The first-order valence-corrected chi connectivity index (χ1v) is 8.59. The van der Waals surface area contributed by atoms with Crippen molar-refractivity contribution in [1.82, 2.24) is 9.88 Å². The van der Waals surface area contributed by atoms with Crippen molar-refractivity contribution in [2.75, 3.05) is 13.2 Å². The Kier molecular flexibility index (Phi) is 7.04. The fraction of sp³-hybridized carbons (Fsp3) is 0.611. The molecule has 2 rings (SSSR count). The first kappa shape index (κ1) is 17.4. The summed E-state index contributed by atoms with van der Waals surface area (Å²) in [5, 5.41) is 0. The van der Waals surface area contributed by atoms with E-state index in [9.17, 15) is 9.59 Å². The standard InChI is InChI=1S/C18H26N2O3/c1-2-23-17(21)11-14-20(16-7-5-3-4-6-8-16)18(22)15-9-12-19-13-10-15/h9-10,12-13,16H,2-8,11,14H2,1H3. The molecular formula is C18H26N2O3. The summed E-state index contributed by atoms with van der Waals surface area (Å²) in [6, 6.07) is 3.68. The van der Waals surface area contributed by atoms with Crippen LogP contribution in [0, 0.1) is 0 Å². The minimum absolute atomic E-state index is 0.0106. The van der Waals surface area contributed by atoms with Crippen LogP contribution in [0.15, 0.2) is 24.5 Å². The van der Waals surface area contributed by atoms with Gasteiger partial charge in [0, 0.05) is 30.5 Å². The monoisotopic (exact) mass is 318 g/mol. The molecule has 0 saturated heterocycles. The highest BCUT2D eigenvalue weighted by molar-refractivity contribution is 5.94. The molecule has 1 fully saturated rings. The molecule has 1 aliphatic rings. The van der Waals surface area contributed by atoms with Gasteiger partial charge in [0.1, 0.15) is 0 Å². The van der Waals surface area contributed by atoms with E-state index < -0.39 is 0 Å². The Balaban J connectivity index is 2.09. The van der Waals surface area contributed by atoms with Crippen molar-refractivity contribution < 1.29 is 14.3 Å². The molecule has 1 aliphatic carbocycles. The van der Waals surface area contributed by atoms with Crippen LogP contribution in [0.5, 0.6) is 0 Å². The highest BCUT2D eigenvalue weighted by Crippen LogP contribution is 2.23. The number of rotatable bonds is 6. The number of hydrogen-bond acceptors (Lipinski definition) is 4. The zero-order chi connectivity index (χ0) is 16.5. The minimum atomic E-state index is -0.242. The zero-order valence-electron chi connectivity index (χ0n) is 13.9. The summed E-state index contributed by atoms with van der Waals surface area (Å²) in [6.45, 7) is 2.59. The molecule has 1 aromatic heterocycles. The van der Waals surface area contributed by atoms with Gasteiger partial charge in [-0.1, -0.05) is 25.7 Å². The minimum Gasteiger partial charge on any atom is -0.466 e. The number of ether oxygens (including phenoxy) is 1. The van der Waals surface area contributed by atoms with Gasteiger partial charge in [-0.15, -0.1) is 0 Å². The number of nitrogens with zero attached hydrogens (tertiary/aromatic N) is 2. The Hall–Kier alpha value is -1.91. The number of amides is 1. The molecule has 1 amide bonds. The Morgan fingerprint density at radius 1 is 1.17 bits per heavy atom. The molecule has 0 aromatic carbocycles. The molecule has 0 N–H and O–H groups in total. The van der Waals surface area contributed by atoms with Crippen LogP contribution in [0.4, 0.5) is 0 Å². The lowest BCUT2D eigenvalue weighted by Gasteiger charge is -2.31. The van der Waals surface area contributed by atoms with Crippen molar-refractivity contribution in [3.05, 3.63) is 30.1 Å². The van der Waals surface area contributed by atoms with Gasteiger partial charge >= 0.3 is 5.97 Å². The second kappa shape index (κ2) is 9.28. The second-order valence-electron chi connectivity index (χ2n) is 5.93. The summed E-state index contributed by atoms with van der Waals surface area (Å²) in [6.07, 6.45) is 10.3. The van der Waals surface area contributed by atoms with Crippen LogP contribution in [-0.4, -0.2) is 41.0 Å². The zero-order valence-corrected chi connectivity index (χ0v) is 13.9. The van der Waals surface area contributed by atoms with E-state index in [4.69, 9.17) is 4.74 Å². The van der Waals surface area contributed by atoms with Crippen LogP contribution in [0.2, 0.25) is 0 Å². The van der Waals surface area contributed by atoms with Crippen molar-refractivity contribution in [1.29, 1.82) is 0 Å². The summed E-state index contributed by atoms with van der Waals surface area (Å²) in [5.74, 6) is -0.253. The fourth-order valence-corrected chi connectivity index (χ4v) is 3.12. The molecule has 0 spiro atoms. The SMILES string of the molecule is CCOC(=O)CCN(C(=O)c1ccncc1)C1CCCCCC1. The number of hydrogen-bond donors (Lipinski definition) is 0. The van der Waals surface area contributed by atoms with E-state index in [0.717, 1.165) is 25.7 Å². The molecule has 0 aliphatic heterocycles. The normalized spacial score (nSPS) is 15.7. The third-order valence-corrected chi connectivity index (χ3v) is 4.32. The summed E-state index contributed by atoms with van der Waals surface area (Å²) >= 11 is 0. The Labute approximate surface area is 138 Å². The lowest BCUT2D eigenvalue weighted by Crippen LogP contribution is -2.41. The molecule has 0 atom stereocenters. The summed E-state index contributed by atoms with van der Waals surface area (Å²) in [5.41, 5.74) is 0.633. The predicted octanol–water partition coefficient (Wildman–Crippen LogP) is 3.20. The fourth-order valence-electron chi connectivity index (χ4n) is 3.12. The van der Waals surface area contributed by atoms with E-state index in [1.165, 1.54) is 12.8 Å². The maximum atomic E-state index is 12.9. The van der Waals surface area contributed by atoms with Gasteiger partial charge in [-0.05, 0) is 31.9 Å². The van der Waals surface area contributed by atoms with Gasteiger partial charge < -0.3 is 9.64 Å². The molecule has 23 heavy (non-hydrogen) atoms. The van der Waals surface area contributed by atoms with Crippen molar-refractivity contribution >= 4 is 11.9 Å². The third-order valence-electron chi connectivity index (χ3n) is 4.32. The first-order chi connectivity index (χ1) is 11.2. The summed E-state index contributed by atoms with van der Waals surface area (Å²) in [7, 11) is 0. The molecule has 5 nitrogen and oxygen atoms in total. The molecule has 5 heteroatoms. The van der Waals surface area contributed by atoms with E-state index in [-0.39, 0.29) is 24.3 Å². The van der Waals surface area contributed by atoms with Crippen molar-refractivity contribution in [2.45, 2.75) is 57.9 Å². The number of carbonyl (C=O) groups is 2. The topological polar surface area (TPSA) is 59.5 Å². The highest BCUT2D eigenvalue weighted by Gasteiger charge is 2.26. The van der Waals surface area contributed by atoms with Crippen LogP contribution >= 0.6 is 0 Å². The largest absolute Gasteiger partial charge is 0.466 e. The predicted molar refractivity (Wildman–Crippen MR) is 88.0 cm³/mol. The molecule has 0 radical (unpaired) electrons. The Morgan fingerprint density at radius 3 is 2.43 bits per heavy atom. The van der Waals surface area contributed by atoms with Crippen LogP contribution < -0.4 is 0 Å². The number of pyridine rings is 1. The average Bonchev–Trinajstić information content (AvgIpc) is 2.85. The summed E-state index contributed by atoms with van der Waals surface area (Å²) in [4.78, 5) is 30.4. The van der Waals surface area contributed by atoms with Gasteiger partial charge in [-0.25, -0.2) is 0 Å². The van der Waals surface area contributed by atoms with Gasteiger partial charge in [0.05, 0.1) is 13.0 Å². The van der Waals surface area contributed by atoms with Crippen LogP contribution in [-0.2, 0) is 9.53 Å². The van der Waals surface area contributed by atoms with E-state index in [1.54, 1.807) is 31.5 Å². The molecule has 1 heterocycles. The Morgan fingerprint density at radius 2 is 1.83 bits per heavy atom. The molecule has 1 saturated carbocycles. The van der Waals surface area contributed by atoms with E-state index in [1.807, 2.05) is 4.90 Å². The molecule has 126 valence electrons. The highest BCUT2D eigenvalue weighted by atomic mass is 16.5. The number of aromatic nitrogens is 1. The third kappa shape index (κ3) is 5.34. The molecule has 1 aromatic rings. The maximum absolute atomic E-state index is 12.9.